The van der Waals surface area contributed by atoms with Gasteiger partial charge < -0.3 is 19.3 Å². The van der Waals surface area contributed by atoms with Crippen molar-refractivity contribution in [3.8, 4) is 0 Å². The van der Waals surface area contributed by atoms with Crippen LogP contribution in [0.15, 0.2) is 12.1 Å². The van der Waals surface area contributed by atoms with Crippen molar-refractivity contribution in [2.24, 2.45) is 5.41 Å². The lowest BCUT2D eigenvalue weighted by Gasteiger charge is -2.31. The van der Waals surface area contributed by atoms with E-state index in [1.165, 1.54) is 28.8 Å². The van der Waals surface area contributed by atoms with Crippen molar-refractivity contribution in [3.05, 3.63) is 28.8 Å². The Morgan fingerprint density at radius 1 is 1.08 bits per heavy atom. The third-order valence-corrected chi connectivity index (χ3v) is 4.63. The van der Waals surface area contributed by atoms with Gasteiger partial charge in [-0.05, 0) is 57.2 Å². The first kappa shape index (κ1) is 23.3. The molecule has 1 unspecified atom stereocenters. The summed E-state index contributed by atoms with van der Waals surface area (Å²) in [6.07, 6.45) is 1.20. The quantitative estimate of drug-likeness (QED) is 0.658. The first-order valence-electron chi connectivity index (χ1n) is 8.35. The molecular formula is C19H36NO3P. The van der Waals surface area contributed by atoms with Crippen molar-refractivity contribution in [1.29, 1.82) is 0 Å². The lowest BCUT2D eigenvalue weighted by Crippen LogP contribution is -2.91. The number of quaternary nitrogens is 1. The number of nitrogens with two attached hydrogens (primary N) is 1. The van der Waals surface area contributed by atoms with Crippen molar-refractivity contribution in [2.75, 3.05) is 13.8 Å². The van der Waals surface area contributed by atoms with Crippen LogP contribution in [0.2, 0.25) is 0 Å². The fraction of sp³-hybridized carbons (Fsp3) is 0.684. The van der Waals surface area contributed by atoms with E-state index in [9.17, 15) is 9.46 Å². The lowest BCUT2D eigenvalue weighted by atomic mass is 9.81. The third kappa shape index (κ3) is 9.58. The molecule has 1 aromatic carbocycles. The minimum absolute atomic E-state index is 0.241. The maximum absolute atomic E-state index is 9.81. The van der Waals surface area contributed by atoms with Crippen molar-refractivity contribution >= 4 is 13.3 Å². The lowest BCUT2D eigenvalue weighted by molar-refractivity contribution is -0.650. The van der Waals surface area contributed by atoms with E-state index in [2.05, 4.69) is 77.4 Å². The Balaban J connectivity index is 0.000000754. The molecule has 1 atom stereocenters. The van der Waals surface area contributed by atoms with Crippen LogP contribution in [0, 0.1) is 26.2 Å². The van der Waals surface area contributed by atoms with Crippen molar-refractivity contribution in [3.63, 3.8) is 0 Å². The van der Waals surface area contributed by atoms with Gasteiger partial charge in [0, 0.05) is 25.8 Å². The van der Waals surface area contributed by atoms with Crippen LogP contribution in [0.1, 0.15) is 57.7 Å². The molecule has 0 amide bonds. The highest BCUT2D eigenvalue weighted by Crippen LogP contribution is 2.28. The van der Waals surface area contributed by atoms with Gasteiger partial charge in [-0.2, -0.15) is 0 Å². The summed E-state index contributed by atoms with van der Waals surface area (Å²) in [5.74, 6) is 0. The van der Waals surface area contributed by atoms with Crippen LogP contribution < -0.4 is 10.2 Å². The molecule has 0 aliphatic rings. The molecule has 1 aromatic rings. The number of benzene rings is 1. The second kappa shape index (κ2) is 8.62. The Morgan fingerprint density at radius 2 is 1.54 bits per heavy atom. The van der Waals surface area contributed by atoms with Crippen molar-refractivity contribution in [2.45, 2.75) is 67.3 Å². The summed E-state index contributed by atoms with van der Waals surface area (Å²) >= 11 is 0. The summed E-state index contributed by atoms with van der Waals surface area (Å²) in [4.78, 5) is 9.81. The molecule has 1 rings (SSSR count). The van der Waals surface area contributed by atoms with Gasteiger partial charge in [-0.1, -0.05) is 26.8 Å². The van der Waals surface area contributed by atoms with E-state index in [1.807, 2.05) is 0 Å². The van der Waals surface area contributed by atoms with Gasteiger partial charge in [0.25, 0.3) is 0 Å². The highest BCUT2D eigenvalue weighted by molar-refractivity contribution is 7.50. The summed E-state index contributed by atoms with van der Waals surface area (Å²) in [6.45, 7) is 19.3. The smallest absolute Gasteiger partial charge is 0.133 e. The molecule has 0 saturated carbocycles. The zero-order chi connectivity index (χ0) is 19.3. The Bertz CT molecular complexity index is 583. The maximum atomic E-state index is 9.81. The van der Waals surface area contributed by atoms with Gasteiger partial charge >= 0.3 is 0 Å². The van der Waals surface area contributed by atoms with E-state index in [4.69, 9.17) is 0 Å². The number of aryl methyl sites for hydroxylation is 1. The Labute approximate surface area is 148 Å². The van der Waals surface area contributed by atoms with Gasteiger partial charge in [0.15, 0.2) is 0 Å². The molecule has 0 fully saturated rings. The van der Waals surface area contributed by atoms with Crippen LogP contribution in [0.25, 0.3) is 0 Å². The Kier molecular flexibility index (Phi) is 8.38. The highest BCUT2D eigenvalue weighted by atomic mass is 31.2. The van der Waals surface area contributed by atoms with Gasteiger partial charge in [-0.3, -0.25) is 0 Å². The standard InChI is InChI=1S/C17H29N.C2H7O3P/c1-12-9-10-15(14(3)13(12)2)18-17(7,8)11-16(4,5)6;1-5-6(2,3)4/h9-10,18H,11H2,1-8H3;1-2H3,(H,3,4). The van der Waals surface area contributed by atoms with Gasteiger partial charge in [0.2, 0.25) is 0 Å². The van der Waals surface area contributed by atoms with Gasteiger partial charge in [0.1, 0.15) is 13.3 Å². The van der Waals surface area contributed by atoms with E-state index < -0.39 is 7.60 Å². The average molecular weight is 357 g/mol. The van der Waals surface area contributed by atoms with Crippen LogP contribution in [0.3, 0.4) is 0 Å². The summed E-state index contributed by atoms with van der Waals surface area (Å²) in [6, 6.07) is 4.50. The first-order chi connectivity index (χ1) is 10.6. The fourth-order valence-corrected chi connectivity index (χ4v) is 2.97. The first-order valence-corrected chi connectivity index (χ1v) is 10.3. The van der Waals surface area contributed by atoms with Crippen LogP contribution in [0.5, 0.6) is 0 Å². The molecule has 5 heteroatoms. The summed E-state index contributed by atoms with van der Waals surface area (Å²) < 4.78 is 13.7. The molecule has 0 radical (unpaired) electrons. The largest absolute Gasteiger partial charge is 0.779 e. The number of rotatable bonds is 4. The Hall–Kier alpha value is -0.670. The fourth-order valence-electron chi connectivity index (χ4n) is 2.97. The van der Waals surface area contributed by atoms with Gasteiger partial charge in [-0.25, -0.2) is 0 Å². The van der Waals surface area contributed by atoms with E-state index in [0.717, 1.165) is 13.8 Å². The Morgan fingerprint density at radius 3 is 1.92 bits per heavy atom. The van der Waals surface area contributed by atoms with E-state index >= 15 is 0 Å². The van der Waals surface area contributed by atoms with E-state index in [1.54, 1.807) is 0 Å². The predicted molar refractivity (Wildman–Crippen MR) is 101 cm³/mol. The maximum Gasteiger partial charge on any atom is 0.133 e. The molecule has 2 N–H and O–H groups in total. The molecule has 24 heavy (non-hydrogen) atoms. The third-order valence-electron chi connectivity index (χ3n) is 3.96. The molecule has 140 valence electrons. The molecule has 0 saturated heterocycles. The molecule has 0 heterocycles. The highest BCUT2D eigenvalue weighted by Gasteiger charge is 2.29. The molecule has 0 aromatic heterocycles. The zero-order valence-electron chi connectivity index (χ0n) is 17.1. The molecule has 0 bridgehead atoms. The molecular weight excluding hydrogens is 321 g/mol. The minimum Gasteiger partial charge on any atom is -0.779 e. The topological polar surface area (TPSA) is 66.0 Å². The van der Waals surface area contributed by atoms with E-state index in [-0.39, 0.29) is 5.54 Å². The SMILES string of the molecule is COP(C)(=O)[O-].Cc1ccc([NH2+]C(C)(C)CC(C)(C)C)c(C)c1C. The predicted octanol–water partition coefficient (Wildman–Crippen LogP) is 3.84. The number of hydrogen-bond donors (Lipinski definition) is 1. The van der Waals surface area contributed by atoms with E-state index in [0.29, 0.717) is 5.41 Å². The van der Waals surface area contributed by atoms with Crippen LogP contribution >= 0.6 is 7.60 Å². The normalized spacial score (nSPS) is 14.6. The van der Waals surface area contributed by atoms with Crippen LogP contribution in [-0.4, -0.2) is 19.3 Å². The molecule has 4 nitrogen and oxygen atoms in total. The van der Waals surface area contributed by atoms with Gasteiger partial charge in [0.05, 0.1) is 5.54 Å². The van der Waals surface area contributed by atoms with Crippen molar-refractivity contribution < 1.29 is 19.3 Å². The monoisotopic (exact) mass is 357 g/mol. The summed E-state index contributed by atoms with van der Waals surface area (Å²) in [5, 5.41) is 2.44. The second-order valence-electron chi connectivity index (χ2n) is 8.55. The average Bonchev–Trinajstić information content (AvgIpc) is 2.36. The molecule has 0 aliphatic heterocycles. The van der Waals surface area contributed by atoms with Crippen LogP contribution in [-0.2, 0) is 9.09 Å². The van der Waals surface area contributed by atoms with Crippen LogP contribution in [0.4, 0.5) is 5.69 Å². The summed E-state index contributed by atoms with van der Waals surface area (Å²) in [7, 11) is -2.26. The molecule has 0 spiro atoms. The zero-order valence-corrected chi connectivity index (χ0v) is 18.0. The molecule has 0 aliphatic carbocycles. The minimum atomic E-state index is -3.40. The second-order valence-corrected chi connectivity index (χ2v) is 10.5. The van der Waals surface area contributed by atoms with Gasteiger partial charge in [-0.15, -0.1) is 0 Å². The summed E-state index contributed by atoms with van der Waals surface area (Å²) in [5.41, 5.74) is 6.25. The van der Waals surface area contributed by atoms with Crippen molar-refractivity contribution in [1.82, 2.24) is 0 Å². The number of hydrogen-bond acceptors (Lipinski definition) is 3.